The Bertz CT molecular complexity index is 1040. The fourth-order valence-electron chi connectivity index (χ4n) is 3.50. The molecule has 158 valence electrons. The fourth-order valence-corrected chi connectivity index (χ4v) is 3.50. The smallest absolute Gasteiger partial charge is 0.253 e. The second-order valence-corrected chi connectivity index (χ2v) is 7.98. The molecule has 1 atom stereocenters. The number of para-hydroxylation sites is 1. The predicted octanol–water partition coefficient (Wildman–Crippen LogP) is 4.20. The number of amides is 2. The number of aryl methyl sites for hydroxylation is 1. The Morgan fingerprint density at radius 3 is 2.23 bits per heavy atom. The van der Waals surface area contributed by atoms with E-state index in [4.69, 9.17) is 0 Å². The van der Waals surface area contributed by atoms with Crippen LogP contribution in [0, 0.1) is 6.92 Å². The molecule has 5 nitrogen and oxygen atoms in total. The first-order chi connectivity index (χ1) is 15.1. The van der Waals surface area contributed by atoms with E-state index >= 15 is 0 Å². The summed E-state index contributed by atoms with van der Waals surface area (Å²) in [7, 11) is 0. The van der Waals surface area contributed by atoms with E-state index < -0.39 is 0 Å². The van der Waals surface area contributed by atoms with Gasteiger partial charge in [0, 0.05) is 6.04 Å². The molecule has 31 heavy (non-hydrogen) atoms. The van der Waals surface area contributed by atoms with Gasteiger partial charge < -0.3 is 10.6 Å². The topological polar surface area (TPSA) is 70.2 Å². The zero-order chi connectivity index (χ0) is 21.6. The Morgan fingerprint density at radius 1 is 0.871 bits per heavy atom. The Balaban J connectivity index is 1.45. The SMILES string of the molecule is Cc1ccc([C@H](NCC(=O)Nc2ccccc2C(=O)NC2CC2)c2ccccc2)cc1. The quantitative estimate of drug-likeness (QED) is 0.518. The van der Waals surface area contributed by atoms with Gasteiger partial charge in [0.2, 0.25) is 5.91 Å². The summed E-state index contributed by atoms with van der Waals surface area (Å²) in [6, 6.07) is 25.6. The Kier molecular flexibility index (Phi) is 6.43. The summed E-state index contributed by atoms with van der Waals surface area (Å²) in [5, 5.41) is 9.24. The van der Waals surface area contributed by atoms with Crippen molar-refractivity contribution in [2.24, 2.45) is 0 Å². The summed E-state index contributed by atoms with van der Waals surface area (Å²) >= 11 is 0. The number of nitrogens with one attached hydrogen (secondary N) is 3. The van der Waals surface area contributed by atoms with E-state index in [9.17, 15) is 9.59 Å². The van der Waals surface area contributed by atoms with Gasteiger partial charge in [-0.25, -0.2) is 0 Å². The van der Waals surface area contributed by atoms with Crippen molar-refractivity contribution in [3.05, 3.63) is 101 Å². The van der Waals surface area contributed by atoms with Gasteiger partial charge in [-0.15, -0.1) is 0 Å². The number of hydrogen-bond donors (Lipinski definition) is 3. The molecule has 2 amide bonds. The van der Waals surface area contributed by atoms with Gasteiger partial charge >= 0.3 is 0 Å². The average Bonchev–Trinajstić information content (AvgIpc) is 3.60. The molecule has 1 saturated carbocycles. The van der Waals surface area contributed by atoms with Crippen LogP contribution in [0.4, 0.5) is 5.69 Å². The van der Waals surface area contributed by atoms with Gasteiger partial charge in [0.25, 0.3) is 5.91 Å². The van der Waals surface area contributed by atoms with Crippen molar-refractivity contribution in [2.45, 2.75) is 31.8 Å². The fraction of sp³-hybridized carbons (Fsp3) is 0.231. The summed E-state index contributed by atoms with van der Waals surface area (Å²) in [6.07, 6.45) is 2.04. The summed E-state index contributed by atoms with van der Waals surface area (Å²) in [6.45, 7) is 2.17. The highest BCUT2D eigenvalue weighted by Crippen LogP contribution is 2.23. The van der Waals surface area contributed by atoms with Gasteiger partial charge in [-0.3, -0.25) is 14.9 Å². The first-order valence-electron chi connectivity index (χ1n) is 10.6. The molecule has 0 aliphatic heterocycles. The highest BCUT2D eigenvalue weighted by molar-refractivity contribution is 6.04. The number of anilines is 1. The minimum atomic E-state index is -0.195. The van der Waals surface area contributed by atoms with Crippen molar-refractivity contribution in [3.63, 3.8) is 0 Å². The molecule has 0 aromatic heterocycles. The normalized spacial score (nSPS) is 14.0. The van der Waals surface area contributed by atoms with Crippen molar-refractivity contribution in [2.75, 3.05) is 11.9 Å². The summed E-state index contributed by atoms with van der Waals surface area (Å²) in [5.41, 5.74) is 4.38. The molecule has 0 unspecified atom stereocenters. The van der Waals surface area contributed by atoms with Crippen LogP contribution in [-0.2, 0) is 4.79 Å². The van der Waals surface area contributed by atoms with Crippen LogP contribution in [-0.4, -0.2) is 24.4 Å². The van der Waals surface area contributed by atoms with Gasteiger partial charge in [-0.2, -0.15) is 0 Å². The molecule has 0 heterocycles. The third-order valence-corrected chi connectivity index (χ3v) is 5.37. The van der Waals surface area contributed by atoms with Gasteiger partial charge in [0.15, 0.2) is 0 Å². The molecular weight excluding hydrogens is 386 g/mol. The van der Waals surface area contributed by atoms with Crippen molar-refractivity contribution in [1.29, 1.82) is 0 Å². The van der Waals surface area contributed by atoms with Crippen LogP contribution < -0.4 is 16.0 Å². The molecule has 1 fully saturated rings. The molecule has 1 aliphatic carbocycles. The lowest BCUT2D eigenvalue weighted by Gasteiger charge is -2.20. The third kappa shape index (κ3) is 5.58. The lowest BCUT2D eigenvalue weighted by Crippen LogP contribution is -2.33. The average molecular weight is 414 g/mol. The largest absolute Gasteiger partial charge is 0.349 e. The second kappa shape index (κ2) is 9.58. The molecule has 5 heteroatoms. The maximum atomic E-state index is 12.7. The second-order valence-electron chi connectivity index (χ2n) is 7.98. The highest BCUT2D eigenvalue weighted by atomic mass is 16.2. The molecular formula is C26H27N3O2. The maximum absolute atomic E-state index is 12.7. The van der Waals surface area contributed by atoms with Crippen molar-refractivity contribution in [1.82, 2.24) is 10.6 Å². The van der Waals surface area contributed by atoms with Gasteiger partial charge in [-0.1, -0.05) is 72.3 Å². The molecule has 3 aromatic rings. The Morgan fingerprint density at radius 2 is 1.52 bits per heavy atom. The molecule has 0 saturated heterocycles. The lowest BCUT2D eigenvalue weighted by molar-refractivity contribution is -0.115. The van der Waals surface area contributed by atoms with E-state index in [1.165, 1.54) is 5.56 Å². The van der Waals surface area contributed by atoms with Crippen molar-refractivity contribution < 1.29 is 9.59 Å². The van der Waals surface area contributed by atoms with Gasteiger partial charge in [0.1, 0.15) is 0 Å². The Labute approximate surface area is 182 Å². The van der Waals surface area contributed by atoms with Crippen molar-refractivity contribution in [3.8, 4) is 0 Å². The number of carbonyl (C=O) groups is 2. The van der Waals surface area contributed by atoms with Crippen LogP contribution in [0.2, 0.25) is 0 Å². The van der Waals surface area contributed by atoms with Gasteiger partial charge in [0.05, 0.1) is 23.8 Å². The van der Waals surface area contributed by atoms with E-state index in [-0.39, 0.29) is 30.4 Å². The molecule has 3 N–H and O–H groups in total. The van der Waals surface area contributed by atoms with Crippen molar-refractivity contribution >= 4 is 17.5 Å². The van der Waals surface area contributed by atoms with Crippen LogP contribution in [0.5, 0.6) is 0 Å². The van der Waals surface area contributed by atoms with Gasteiger partial charge in [-0.05, 0) is 43.0 Å². The molecule has 4 rings (SSSR count). The minimum Gasteiger partial charge on any atom is -0.349 e. The number of benzene rings is 3. The van der Waals surface area contributed by atoms with Crippen LogP contribution >= 0.6 is 0 Å². The Hall–Kier alpha value is -3.44. The molecule has 0 bridgehead atoms. The predicted molar refractivity (Wildman–Crippen MR) is 123 cm³/mol. The van der Waals surface area contributed by atoms with Crippen LogP contribution in [0.25, 0.3) is 0 Å². The minimum absolute atomic E-state index is 0.110. The van der Waals surface area contributed by atoms with Crippen LogP contribution in [0.1, 0.15) is 45.9 Å². The maximum Gasteiger partial charge on any atom is 0.253 e. The molecule has 0 spiro atoms. The van der Waals surface area contributed by atoms with E-state index in [1.54, 1.807) is 18.2 Å². The van der Waals surface area contributed by atoms with E-state index in [0.29, 0.717) is 11.3 Å². The van der Waals surface area contributed by atoms with Crippen LogP contribution in [0.15, 0.2) is 78.9 Å². The lowest BCUT2D eigenvalue weighted by atomic mass is 9.98. The summed E-state index contributed by atoms with van der Waals surface area (Å²) in [4.78, 5) is 25.2. The van der Waals surface area contributed by atoms with E-state index in [1.807, 2.05) is 36.4 Å². The zero-order valence-electron chi connectivity index (χ0n) is 17.6. The first kappa shape index (κ1) is 20.8. The zero-order valence-corrected chi connectivity index (χ0v) is 17.6. The molecule has 0 radical (unpaired) electrons. The monoisotopic (exact) mass is 413 g/mol. The summed E-state index contributed by atoms with van der Waals surface area (Å²) < 4.78 is 0. The first-order valence-corrected chi connectivity index (χ1v) is 10.6. The van der Waals surface area contributed by atoms with Crippen LogP contribution in [0.3, 0.4) is 0 Å². The van der Waals surface area contributed by atoms with E-state index in [2.05, 4.69) is 47.1 Å². The third-order valence-electron chi connectivity index (χ3n) is 5.37. The molecule has 1 aliphatic rings. The number of rotatable bonds is 8. The van der Waals surface area contributed by atoms with E-state index in [0.717, 1.165) is 24.0 Å². The highest BCUT2D eigenvalue weighted by Gasteiger charge is 2.25. The number of carbonyl (C=O) groups excluding carboxylic acids is 2. The number of hydrogen-bond acceptors (Lipinski definition) is 3. The molecule has 3 aromatic carbocycles. The standard InChI is InChI=1S/C26H27N3O2/c1-18-11-13-20(14-12-18)25(19-7-3-2-4-8-19)27-17-24(30)29-23-10-6-5-9-22(23)26(31)28-21-15-16-21/h2-14,21,25,27H,15-17H2,1H3,(H,28,31)(H,29,30)/t25-/m1/s1. The summed E-state index contributed by atoms with van der Waals surface area (Å²) in [5.74, 6) is -0.340.